The number of benzene rings is 2. The van der Waals surface area contributed by atoms with Crippen LogP contribution in [0.2, 0.25) is 0 Å². The summed E-state index contributed by atoms with van der Waals surface area (Å²) in [6, 6.07) is 17.6. The van der Waals surface area contributed by atoms with E-state index in [1.54, 1.807) is 0 Å². The van der Waals surface area contributed by atoms with E-state index in [-0.39, 0.29) is 0 Å². The average Bonchev–Trinajstić information content (AvgIpc) is 2.32. The van der Waals surface area contributed by atoms with Crippen LogP contribution in [0.15, 0.2) is 66.2 Å². The number of allylic oxidation sites excluding steroid dienone is 1. The lowest BCUT2D eigenvalue weighted by Crippen LogP contribution is -1.86. The first-order valence-electron chi connectivity index (χ1n) is 5.39. The lowest BCUT2D eigenvalue weighted by molar-refractivity contribution is 0.482. The number of rotatable bonds is 4. The van der Waals surface area contributed by atoms with Gasteiger partial charge in [0.2, 0.25) is 0 Å². The summed E-state index contributed by atoms with van der Waals surface area (Å²) in [6.07, 6.45) is 0.688. The van der Waals surface area contributed by atoms with Gasteiger partial charge in [-0.1, -0.05) is 48.5 Å². The highest BCUT2D eigenvalue weighted by Crippen LogP contribution is 2.22. The number of hydrogen-bond donors (Lipinski definition) is 0. The predicted molar refractivity (Wildman–Crippen MR) is 71.7 cm³/mol. The molecule has 2 heteroatoms. The van der Waals surface area contributed by atoms with E-state index in [1.807, 2.05) is 54.6 Å². The Morgan fingerprint density at radius 3 is 2.12 bits per heavy atom. The second kappa shape index (κ2) is 5.55. The largest absolute Gasteiger partial charge is 0.457 e. The molecule has 0 heterocycles. The first-order valence-corrected chi connectivity index (χ1v) is 5.77. The first kappa shape index (κ1) is 11.7. The molecule has 0 fully saturated rings. The molecule has 0 bridgehead atoms. The van der Waals surface area contributed by atoms with Gasteiger partial charge in [0.15, 0.2) is 0 Å². The van der Waals surface area contributed by atoms with E-state index < -0.39 is 0 Å². The van der Waals surface area contributed by atoms with Crippen LogP contribution in [-0.4, -0.2) is 0 Å². The molecule has 2 aromatic carbocycles. The smallest absolute Gasteiger partial charge is 0.127 e. The van der Waals surface area contributed by atoms with E-state index in [1.165, 1.54) is 0 Å². The lowest BCUT2D eigenvalue weighted by atomic mass is 10.1. The zero-order valence-corrected chi connectivity index (χ0v) is 10.2. The Labute approximate surface area is 106 Å². The van der Waals surface area contributed by atoms with Gasteiger partial charge in [0, 0.05) is 11.5 Å². The molecule has 0 atom stereocenters. The van der Waals surface area contributed by atoms with Crippen LogP contribution >= 0.6 is 11.6 Å². The molecule has 0 saturated heterocycles. The second-order valence-corrected chi connectivity index (χ2v) is 4.29. The summed E-state index contributed by atoms with van der Waals surface area (Å²) in [4.78, 5) is 0. The Morgan fingerprint density at radius 2 is 1.53 bits per heavy atom. The molecule has 0 aromatic heterocycles. The Kier molecular flexibility index (Phi) is 3.84. The highest BCUT2D eigenvalue weighted by Gasteiger charge is 1.98. The molecule has 0 amide bonds. The third kappa shape index (κ3) is 3.65. The maximum Gasteiger partial charge on any atom is 0.127 e. The minimum absolute atomic E-state index is 0.640. The van der Waals surface area contributed by atoms with Gasteiger partial charge in [-0.15, -0.1) is 0 Å². The summed E-state index contributed by atoms with van der Waals surface area (Å²) in [5, 5.41) is 0.640. The van der Waals surface area contributed by atoms with E-state index in [2.05, 4.69) is 6.58 Å². The quantitative estimate of drug-likeness (QED) is 0.753. The van der Waals surface area contributed by atoms with Gasteiger partial charge in [0.25, 0.3) is 0 Å². The molecule has 2 aromatic rings. The molecule has 0 spiro atoms. The fraction of sp³-hybridized carbons (Fsp3) is 0.0667. The lowest BCUT2D eigenvalue weighted by Gasteiger charge is -2.06. The SMILES string of the molecule is C=C(Cl)Cc1ccc(Oc2ccccc2)cc1. The van der Waals surface area contributed by atoms with E-state index >= 15 is 0 Å². The van der Waals surface area contributed by atoms with Crippen molar-refractivity contribution in [2.45, 2.75) is 6.42 Å². The van der Waals surface area contributed by atoms with Gasteiger partial charge in [-0.05, 0) is 29.8 Å². The number of para-hydroxylation sites is 1. The standard InChI is InChI=1S/C15H13ClO/c1-12(16)11-13-7-9-15(10-8-13)17-14-5-3-2-4-6-14/h2-10H,1,11H2. The molecule has 1 nitrogen and oxygen atoms in total. The van der Waals surface area contributed by atoms with Crippen molar-refractivity contribution in [3.8, 4) is 11.5 Å². The zero-order chi connectivity index (χ0) is 12.1. The highest BCUT2D eigenvalue weighted by atomic mass is 35.5. The molecule has 0 radical (unpaired) electrons. The van der Waals surface area contributed by atoms with Crippen molar-refractivity contribution in [3.05, 3.63) is 71.8 Å². The third-order valence-electron chi connectivity index (χ3n) is 2.30. The van der Waals surface area contributed by atoms with E-state index in [0.717, 1.165) is 17.1 Å². The van der Waals surface area contributed by atoms with Crippen molar-refractivity contribution in [2.24, 2.45) is 0 Å². The van der Waals surface area contributed by atoms with Gasteiger partial charge >= 0.3 is 0 Å². The van der Waals surface area contributed by atoms with Crippen molar-refractivity contribution in [1.29, 1.82) is 0 Å². The van der Waals surface area contributed by atoms with Crippen molar-refractivity contribution in [1.82, 2.24) is 0 Å². The number of ether oxygens (including phenoxy) is 1. The molecule has 0 aliphatic carbocycles. The minimum atomic E-state index is 0.640. The van der Waals surface area contributed by atoms with Crippen LogP contribution in [0.3, 0.4) is 0 Å². The van der Waals surface area contributed by atoms with Crippen LogP contribution in [0, 0.1) is 0 Å². The summed E-state index contributed by atoms with van der Waals surface area (Å²) >= 11 is 5.76. The van der Waals surface area contributed by atoms with Gasteiger partial charge < -0.3 is 4.74 Å². The van der Waals surface area contributed by atoms with E-state index in [4.69, 9.17) is 16.3 Å². The summed E-state index contributed by atoms with van der Waals surface area (Å²) < 4.78 is 5.68. The molecule has 86 valence electrons. The molecule has 0 unspecified atom stereocenters. The summed E-state index contributed by atoms with van der Waals surface area (Å²) in [5.74, 6) is 1.65. The molecule has 2 rings (SSSR count). The van der Waals surface area contributed by atoms with Crippen LogP contribution in [-0.2, 0) is 6.42 Å². The Morgan fingerprint density at radius 1 is 0.941 bits per heavy atom. The summed E-state index contributed by atoms with van der Waals surface area (Å²) in [5.41, 5.74) is 1.13. The Hall–Kier alpha value is -1.73. The van der Waals surface area contributed by atoms with Crippen LogP contribution in [0.1, 0.15) is 5.56 Å². The molecular weight excluding hydrogens is 232 g/mol. The van der Waals surface area contributed by atoms with E-state index in [0.29, 0.717) is 11.5 Å². The molecular formula is C15H13ClO. The zero-order valence-electron chi connectivity index (χ0n) is 9.40. The average molecular weight is 245 g/mol. The summed E-state index contributed by atoms with van der Waals surface area (Å²) in [7, 11) is 0. The predicted octanol–water partition coefficient (Wildman–Crippen LogP) is 4.77. The highest BCUT2D eigenvalue weighted by molar-refractivity contribution is 6.29. The van der Waals surface area contributed by atoms with Crippen LogP contribution in [0.5, 0.6) is 11.5 Å². The molecule has 0 aliphatic heterocycles. The van der Waals surface area contributed by atoms with Crippen molar-refractivity contribution < 1.29 is 4.74 Å². The van der Waals surface area contributed by atoms with Crippen LogP contribution in [0.4, 0.5) is 0 Å². The van der Waals surface area contributed by atoms with Gasteiger partial charge in [0.1, 0.15) is 11.5 Å². The Balaban J connectivity index is 2.06. The minimum Gasteiger partial charge on any atom is -0.457 e. The monoisotopic (exact) mass is 244 g/mol. The van der Waals surface area contributed by atoms with Crippen molar-refractivity contribution in [3.63, 3.8) is 0 Å². The Bertz CT molecular complexity index is 488. The summed E-state index contributed by atoms with van der Waals surface area (Å²) in [6.45, 7) is 3.67. The maximum atomic E-state index is 5.76. The van der Waals surface area contributed by atoms with Gasteiger partial charge in [0.05, 0.1) is 0 Å². The topological polar surface area (TPSA) is 9.23 Å². The third-order valence-corrected chi connectivity index (χ3v) is 2.43. The molecule has 0 N–H and O–H groups in total. The van der Waals surface area contributed by atoms with Gasteiger partial charge in [-0.2, -0.15) is 0 Å². The number of hydrogen-bond acceptors (Lipinski definition) is 1. The fourth-order valence-corrected chi connectivity index (χ4v) is 1.68. The van der Waals surface area contributed by atoms with Crippen LogP contribution in [0.25, 0.3) is 0 Å². The van der Waals surface area contributed by atoms with Gasteiger partial charge in [-0.3, -0.25) is 0 Å². The van der Waals surface area contributed by atoms with Crippen molar-refractivity contribution >= 4 is 11.6 Å². The van der Waals surface area contributed by atoms with Gasteiger partial charge in [-0.25, -0.2) is 0 Å². The number of halogens is 1. The van der Waals surface area contributed by atoms with E-state index in [9.17, 15) is 0 Å². The molecule has 0 aliphatic rings. The normalized spacial score (nSPS) is 9.94. The second-order valence-electron chi connectivity index (χ2n) is 3.75. The first-order chi connectivity index (χ1) is 8.24. The molecule has 17 heavy (non-hydrogen) atoms. The maximum absolute atomic E-state index is 5.76. The van der Waals surface area contributed by atoms with Crippen LogP contribution < -0.4 is 4.74 Å². The molecule has 0 saturated carbocycles. The fourth-order valence-electron chi connectivity index (χ4n) is 1.52. The van der Waals surface area contributed by atoms with Crippen molar-refractivity contribution in [2.75, 3.05) is 0 Å².